The van der Waals surface area contributed by atoms with Crippen LogP contribution in [0.15, 0.2) is 40.5 Å². The molecule has 0 aliphatic heterocycles. The quantitative estimate of drug-likeness (QED) is 0.345. The second kappa shape index (κ2) is 10.1. The van der Waals surface area contributed by atoms with E-state index in [0.29, 0.717) is 47.1 Å². The van der Waals surface area contributed by atoms with Crippen LogP contribution in [0.4, 0.5) is 5.69 Å². The van der Waals surface area contributed by atoms with Crippen molar-refractivity contribution in [1.82, 2.24) is 0 Å². The van der Waals surface area contributed by atoms with E-state index in [1.54, 1.807) is 32.9 Å². The number of rotatable bonds is 8. The summed E-state index contributed by atoms with van der Waals surface area (Å²) in [5.74, 6) is -0.148. The topological polar surface area (TPSA) is 63.7 Å². The van der Waals surface area contributed by atoms with Crippen molar-refractivity contribution in [2.75, 3.05) is 36.4 Å². The average Bonchev–Trinajstić information content (AvgIpc) is 2.71. The van der Waals surface area contributed by atoms with Crippen LogP contribution in [0.1, 0.15) is 36.7 Å². The van der Waals surface area contributed by atoms with Crippen molar-refractivity contribution in [2.24, 2.45) is 0 Å². The van der Waals surface area contributed by atoms with Crippen LogP contribution in [-0.2, 0) is 14.3 Å². The number of ketones is 2. The molecule has 2 rings (SSSR count). The number of carbonyl (C=O) groups is 3. The van der Waals surface area contributed by atoms with E-state index in [9.17, 15) is 14.4 Å². The SMILES string of the molecule is CC1=C(C)C(=O)C(COC(=O)c2ccc(C)c(N(CCCl)CCCl)c2)=C(C)C1=O. The van der Waals surface area contributed by atoms with Gasteiger partial charge < -0.3 is 9.64 Å². The number of carbonyl (C=O) groups excluding carboxylic acids is 3. The van der Waals surface area contributed by atoms with Crippen molar-refractivity contribution in [3.8, 4) is 0 Å². The minimum absolute atomic E-state index is 0.191. The molecule has 1 aromatic carbocycles. The summed E-state index contributed by atoms with van der Waals surface area (Å²) in [4.78, 5) is 39.4. The Morgan fingerprint density at radius 3 is 2.10 bits per heavy atom. The highest BCUT2D eigenvalue weighted by Gasteiger charge is 2.28. The molecule has 0 amide bonds. The molecule has 0 spiro atoms. The molecule has 0 aromatic heterocycles. The van der Waals surface area contributed by atoms with E-state index < -0.39 is 5.97 Å². The number of nitrogens with zero attached hydrogens (tertiary/aromatic N) is 1. The molecule has 0 unspecified atom stereocenters. The molecule has 0 fully saturated rings. The number of anilines is 1. The van der Waals surface area contributed by atoms with Gasteiger partial charge in [-0.05, 0) is 45.4 Å². The Balaban J connectivity index is 2.21. The molecule has 1 aliphatic rings. The van der Waals surface area contributed by atoms with Gasteiger partial charge >= 0.3 is 5.97 Å². The van der Waals surface area contributed by atoms with E-state index in [1.165, 1.54) is 0 Å². The molecule has 7 heteroatoms. The van der Waals surface area contributed by atoms with Gasteiger partial charge in [0.2, 0.25) is 0 Å². The molecule has 0 N–H and O–H groups in total. The molecule has 0 atom stereocenters. The minimum atomic E-state index is -0.563. The van der Waals surface area contributed by atoms with Gasteiger partial charge in [-0.1, -0.05) is 6.07 Å². The van der Waals surface area contributed by atoms with Crippen molar-refractivity contribution in [1.29, 1.82) is 0 Å². The average molecular weight is 438 g/mol. The number of esters is 1. The van der Waals surface area contributed by atoms with Crippen molar-refractivity contribution >= 4 is 46.4 Å². The molecule has 29 heavy (non-hydrogen) atoms. The third-order valence-electron chi connectivity index (χ3n) is 5.15. The van der Waals surface area contributed by atoms with E-state index in [-0.39, 0.29) is 23.7 Å². The first-order valence-electron chi connectivity index (χ1n) is 9.34. The van der Waals surface area contributed by atoms with Crippen LogP contribution >= 0.6 is 23.2 Å². The molecule has 156 valence electrons. The van der Waals surface area contributed by atoms with Gasteiger partial charge in [-0.25, -0.2) is 4.79 Å². The van der Waals surface area contributed by atoms with Gasteiger partial charge in [-0.15, -0.1) is 23.2 Å². The first-order chi connectivity index (χ1) is 13.7. The number of halogens is 2. The number of alkyl halides is 2. The van der Waals surface area contributed by atoms with E-state index >= 15 is 0 Å². The Hall–Kier alpha value is -2.11. The summed E-state index contributed by atoms with van der Waals surface area (Å²) in [5.41, 5.74) is 3.58. The zero-order valence-electron chi connectivity index (χ0n) is 17.1. The van der Waals surface area contributed by atoms with E-state index in [4.69, 9.17) is 27.9 Å². The third-order valence-corrected chi connectivity index (χ3v) is 5.49. The first kappa shape index (κ1) is 23.2. The van der Waals surface area contributed by atoms with E-state index in [0.717, 1.165) is 11.3 Å². The lowest BCUT2D eigenvalue weighted by Crippen LogP contribution is -2.28. The summed E-state index contributed by atoms with van der Waals surface area (Å²) in [7, 11) is 0. The number of benzene rings is 1. The second-order valence-electron chi connectivity index (χ2n) is 6.95. The predicted molar refractivity (Wildman–Crippen MR) is 116 cm³/mol. The Morgan fingerprint density at radius 1 is 0.931 bits per heavy atom. The lowest BCUT2D eigenvalue weighted by atomic mass is 9.86. The molecule has 5 nitrogen and oxygen atoms in total. The normalized spacial score (nSPS) is 14.6. The number of aryl methyl sites for hydroxylation is 1. The highest BCUT2D eigenvalue weighted by atomic mass is 35.5. The predicted octanol–water partition coefficient (Wildman–Crippen LogP) is 4.24. The summed E-state index contributed by atoms with van der Waals surface area (Å²) in [6.07, 6.45) is 0. The maximum absolute atomic E-state index is 12.6. The maximum Gasteiger partial charge on any atom is 0.338 e. The van der Waals surface area contributed by atoms with Crippen LogP contribution in [-0.4, -0.2) is 49.0 Å². The number of hydrogen-bond donors (Lipinski definition) is 0. The van der Waals surface area contributed by atoms with Crippen molar-refractivity contribution in [3.05, 3.63) is 51.6 Å². The highest BCUT2D eigenvalue weighted by molar-refractivity contribution is 6.24. The van der Waals surface area contributed by atoms with E-state index in [1.807, 2.05) is 17.9 Å². The van der Waals surface area contributed by atoms with Gasteiger partial charge in [0.1, 0.15) is 6.61 Å². The van der Waals surface area contributed by atoms with Crippen molar-refractivity contribution in [3.63, 3.8) is 0 Å². The number of ether oxygens (including phenoxy) is 1. The van der Waals surface area contributed by atoms with E-state index in [2.05, 4.69) is 0 Å². The molecule has 0 heterocycles. The summed E-state index contributed by atoms with van der Waals surface area (Å²) < 4.78 is 5.37. The number of allylic oxidation sites excluding steroid dienone is 3. The molecule has 1 aromatic rings. The van der Waals surface area contributed by atoms with Gasteiger partial charge in [-0.2, -0.15) is 0 Å². The summed E-state index contributed by atoms with van der Waals surface area (Å²) in [6.45, 7) is 7.72. The Bertz CT molecular complexity index is 896. The monoisotopic (exact) mass is 437 g/mol. The van der Waals surface area contributed by atoms with Crippen LogP contribution in [0.5, 0.6) is 0 Å². The summed E-state index contributed by atoms with van der Waals surface area (Å²) in [6, 6.07) is 5.24. The molecular formula is C22H25Cl2NO4. The molecule has 0 saturated carbocycles. The van der Waals surface area contributed by atoms with Gasteiger partial charge in [0, 0.05) is 52.8 Å². The number of hydrogen-bond acceptors (Lipinski definition) is 5. The minimum Gasteiger partial charge on any atom is -0.457 e. The first-order valence-corrected chi connectivity index (χ1v) is 10.4. The third kappa shape index (κ3) is 5.09. The molecule has 1 aliphatic carbocycles. The van der Waals surface area contributed by atoms with Crippen LogP contribution < -0.4 is 4.90 Å². The maximum atomic E-state index is 12.6. The van der Waals surface area contributed by atoms with Crippen LogP contribution in [0, 0.1) is 6.92 Å². The fraction of sp³-hybridized carbons (Fsp3) is 0.409. The molecular weight excluding hydrogens is 413 g/mol. The lowest BCUT2D eigenvalue weighted by molar-refractivity contribution is -0.116. The molecule has 0 bridgehead atoms. The zero-order chi connectivity index (χ0) is 21.7. The molecule has 0 saturated heterocycles. The van der Waals surface area contributed by atoms with Gasteiger partial charge in [0.15, 0.2) is 11.6 Å². The fourth-order valence-electron chi connectivity index (χ4n) is 3.18. The standard InChI is InChI=1S/C22H25Cl2NO4/c1-13-5-6-17(11-19(13)25(9-7-23)10-8-24)22(28)29-12-18-16(4)20(26)14(2)15(3)21(18)27/h5-6,11H,7-10,12H2,1-4H3. The van der Waals surface area contributed by atoms with Crippen molar-refractivity contribution < 1.29 is 19.1 Å². The zero-order valence-corrected chi connectivity index (χ0v) is 18.6. The van der Waals surface area contributed by atoms with Crippen LogP contribution in [0.25, 0.3) is 0 Å². The van der Waals surface area contributed by atoms with Crippen molar-refractivity contribution in [2.45, 2.75) is 27.7 Å². The smallest absolute Gasteiger partial charge is 0.338 e. The molecule has 0 radical (unpaired) electrons. The second-order valence-corrected chi connectivity index (χ2v) is 7.71. The Labute approximate surface area is 181 Å². The summed E-state index contributed by atoms with van der Waals surface area (Å²) >= 11 is 11.8. The van der Waals surface area contributed by atoms with Gasteiger partial charge in [0.05, 0.1) is 5.56 Å². The lowest BCUT2D eigenvalue weighted by Gasteiger charge is -2.25. The van der Waals surface area contributed by atoms with Gasteiger partial charge in [0.25, 0.3) is 0 Å². The highest BCUT2D eigenvalue weighted by Crippen LogP contribution is 2.26. The Kier molecular flexibility index (Phi) is 8.05. The van der Waals surface area contributed by atoms with Crippen LogP contribution in [0.3, 0.4) is 0 Å². The largest absolute Gasteiger partial charge is 0.457 e. The van der Waals surface area contributed by atoms with Crippen LogP contribution in [0.2, 0.25) is 0 Å². The Morgan fingerprint density at radius 2 is 1.52 bits per heavy atom. The van der Waals surface area contributed by atoms with Gasteiger partial charge in [-0.3, -0.25) is 9.59 Å². The fourth-order valence-corrected chi connectivity index (χ4v) is 3.59. The summed E-state index contributed by atoms with van der Waals surface area (Å²) in [5, 5.41) is 0. The number of Topliss-reactive ketones (excluding diaryl/α,β-unsaturated/α-hetero) is 2.